The molecule has 1 N–H and O–H groups in total. The molecule has 5 nitrogen and oxygen atoms in total. The Morgan fingerprint density at radius 3 is 2.47 bits per heavy atom. The summed E-state index contributed by atoms with van der Waals surface area (Å²) in [7, 11) is 0. The van der Waals surface area contributed by atoms with Gasteiger partial charge in [-0.1, -0.05) is 78.6 Å². The lowest BCUT2D eigenvalue weighted by atomic mass is 10.0. The van der Waals surface area contributed by atoms with Crippen molar-refractivity contribution in [3.05, 3.63) is 75.0 Å². The lowest BCUT2D eigenvalue weighted by molar-refractivity contribution is 0.0929. The smallest absolute Gasteiger partial charge is 0.253 e. The van der Waals surface area contributed by atoms with Crippen LogP contribution in [0.5, 0.6) is 0 Å². The maximum atomic E-state index is 13.0. The number of thioether (sulfide) groups is 1. The second-order valence-corrected chi connectivity index (χ2v) is 9.93. The van der Waals surface area contributed by atoms with E-state index >= 15 is 0 Å². The molecule has 1 aromatic heterocycles. The number of benzene rings is 2. The highest BCUT2D eigenvalue weighted by Crippen LogP contribution is 2.28. The first kappa shape index (κ1) is 24.6. The third-order valence-electron chi connectivity index (χ3n) is 5.05. The van der Waals surface area contributed by atoms with Gasteiger partial charge in [0.25, 0.3) is 5.91 Å². The van der Waals surface area contributed by atoms with Gasteiger partial charge in [0, 0.05) is 17.3 Å². The maximum absolute atomic E-state index is 13.0. The normalized spacial score (nSPS) is 12.2. The minimum atomic E-state index is -0.282. The summed E-state index contributed by atoms with van der Waals surface area (Å²) in [4.78, 5) is 13.0. The van der Waals surface area contributed by atoms with Gasteiger partial charge in [0.05, 0.1) is 16.6 Å². The van der Waals surface area contributed by atoms with Gasteiger partial charge >= 0.3 is 0 Å². The monoisotopic (exact) mass is 490 g/mol. The summed E-state index contributed by atoms with van der Waals surface area (Å²) < 4.78 is 2.08. The highest BCUT2D eigenvalue weighted by atomic mass is 35.5. The van der Waals surface area contributed by atoms with Crippen LogP contribution >= 0.6 is 35.0 Å². The van der Waals surface area contributed by atoms with Gasteiger partial charge in [0.1, 0.15) is 0 Å². The number of hydrogen-bond acceptors (Lipinski definition) is 4. The van der Waals surface area contributed by atoms with Crippen molar-refractivity contribution < 1.29 is 4.79 Å². The molecule has 0 unspecified atom stereocenters. The number of aromatic nitrogens is 3. The van der Waals surface area contributed by atoms with Crippen molar-refractivity contribution in [1.82, 2.24) is 20.1 Å². The van der Waals surface area contributed by atoms with E-state index in [1.165, 1.54) is 11.1 Å². The van der Waals surface area contributed by atoms with Crippen molar-refractivity contribution in [2.75, 3.05) is 0 Å². The first-order valence-corrected chi connectivity index (χ1v) is 12.4. The lowest BCUT2D eigenvalue weighted by Gasteiger charge is -2.21. The number of rotatable bonds is 9. The van der Waals surface area contributed by atoms with E-state index in [1.54, 1.807) is 30.0 Å². The number of halogens is 2. The molecule has 0 saturated carbocycles. The van der Waals surface area contributed by atoms with Gasteiger partial charge in [0.15, 0.2) is 11.0 Å². The number of nitrogens with zero attached hydrogens (tertiary/aromatic N) is 3. The van der Waals surface area contributed by atoms with Crippen LogP contribution in [0, 0.1) is 12.8 Å². The molecule has 8 heteroatoms. The fourth-order valence-corrected chi connectivity index (χ4v) is 4.86. The van der Waals surface area contributed by atoms with Crippen LogP contribution in [0.25, 0.3) is 0 Å². The van der Waals surface area contributed by atoms with E-state index in [9.17, 15) is 4.79 Å². The number of carbonyl (C=O) groups is 1. The summed E-state index contributed by atoms with van der Waals surface area (Å²) in [5.74, 6) is 1.66. The Morgan fingerprint density at radius 2 is 1.84 bits per heavy atom. The van der Waals surface area contributed by atoms with Gasteiger partial charge in [0.2, 0.25) is 0 Å². The van der Waals surface area contributed by atoms with Crippen LogP contribution in [-0.2, 0) is 12.3 Å². The third-order valence-corrected chi connectivity index (χ3v) is 6.64. The highest BCUT2D eigenvalue weighted by Gasteiger charge is 2.25. The lowest BCUT2D eigenvalue weighted by Crippen LogP contribution is -2.31. The van der Waals surface area contributed by atoms with Crippen molar-refractivity contribution in [3.8, 4) is 0 Å². The van der Waals surface area contributed by atoms with Crippen LogP contribution in [0.1, 0.15) is 60.5 Å². The van der Waals surface area contributed by atoms with E-state index < -0.39 is 0 Å². The topological polar surface area (TPSA) is 59.8 Å². The number of amides is 1. The third kappa shape index (κ3) is 6.27. The molecule has 0 aliphatic rings. The van der Waals surface area contributed by atoms with Crippen molar-refractivity contribution >= 4 is 40.9 Å². The second kappa shape index (κ2) is 11.2. The standard InChI is InChI=1S/C24H28Cl2N4OS/c1-5-30-22(28-29-24(30)32-14-17-8-6-16(4)7-9-17)21(12-15(2)3)27-23(31)19-11-10-18(25)13-20(19)26/h6-11,13,15,21H,5,12,14H2,1-4H3,(H,27,31)/t21-/m0/s1. The molecule has 1 amide bonds. The molecule has 0 bridgehead atoms. The van der Waals surface area contributed by atoms with Crippen LogP contribution in [0.2, 0.25) is 10.0 Å². The largest absolute Gasteiger partial charge is 0.342 e. The number of nitrogens with one attached hydrogen (secondary N) is 1. The molecule has 0 aliphatic heterocycles. The molecular formula is C24H28Cl2N4OS. The van der Waals surface area contributed by atoms with Gasteiger partial charge in [-0.15, -0.1) is 10.2 Å². The van der Waals surface area contributed by atoms with Crippen LogP contribution in [-0.4, -0.2) is 20.7 Å². The molecule has 32 heavy (non-hydrogen) atoms. The average Bonchev–Trinajstić information content (AvgIpc) is 3.15. The molecule has 0 spiro atoms. The van der Waals surface area contributed by atoms with E-state index in [-0.39, 0.29) is 11.9 Å². The molecule has 3 rings (SSSR count). The van der Waals surface area contributed by atoms with Crippen LogP contribution in [0.4, 0.5) is 0 Å². The van der Waals surface area contributed by atoms with Crippen LogP contribution in [0.15, 0.2) is 47.6 Å². The highest BCUT2D eigenvalue weighted by molar-refractivity contribution is 7.98. The van der Waals surface area contributed by atoms with E-state index in [0.29, 0.717) is 28.1 Å². The van der Waals surface area contributed by atoms with Gasteiger partial charge in [-0.2, -0.15) is 0 Å². The Morgan fingerprint density at radius 1 is 1.12 bits per heavy atom. The zero-order valence-corrected chi connectivity index (χ0v) is 21.1. The summed E-state index contributed by atoms with van der Waals surface area (Å²) in [5, 5.41) is 13.7. The summed E-state index contributed by atoms with van der Waals surface area (Å²) in [6.45, 7) is 9.09. The molecule has 0 saturated heterocycles. The Balaban J connectivity index is 1.82. The van der Waals surface area contributed by atoms with Crippen molar-refractivity contribution in [3.63, 3.8) is 0 Å². The Labute approximate surface area is 203 Å². The first-order chi connectivity index (χ1) is 15.3. The summed E-state index contributed by atoms with van der Waals surface area (Å²) in [6.07, 6.45) is 0.734. The molecule has 1 atom stereocenters. The van der Waals surface area contributed by atoms with E-state index in [4.69, 9.17) is 23.2 Å². The quantitative estimate of drug-likeness (QED) is 0.338. The minimum Gasteiger partial charge on any atom is -0.342 e. The molecule has 0 radical (unpaired) electrons. The molecule has 2 aromatic carbocycles. The number of hydrogen-bond donors (Lipinski definition) is 1. The predicted octanol–water partition coefficient (Wildman–Crippen LogP) is 6.72. The summed E-state index contributed by atoms with van der Waals surface area (Å²) >= 11 is 13.9. The number of aryl methyl sites for hydroxylation is 1. The summed E-state index contributed by atoms with van der Waals surface area (Å²) in [6, 6.07) is 13.1. The molecule has 170 valence electrons. The molecule has 0 fully saturated rings. The molecular weight excluding hydrogens is 463 g/mol. The predicted molar refractivity (Wildman–Crippen MR) is 133 cm³/mol. The zero-order valence-electron chi connectivity index (χ0n) is 18.7. The molecule has 0 aliphatic carbocycles. The van der Waals surface area contributed by atoms with Gasteiger partial charge in [-0.25, -0.2) is 0 Å². The molecule has 3 aromatic rings. The van der Waals surface area contributed by atoms with Crippen LogP contribution in [0.3, 0.4) is 0 Å². The zero-order chi connectivity index (χ0) is 23.3. The van der Waals surface area contributed by atoms with E-state index in [2.05, 4.69) is 72.0 Å². The average molecular weight is 491 g/mol. The van der Waals surface area contributed by atoms with E-state index in [1.807, 2.05) is 0 Å². The minimum absolute atomic E-state index is 0.253. The fourth-order valence-electron chi connectivity index (χ4n) is 3.40. The van der Waals surface area contributed by atoms with E-state index in [0.717, 1.165) is 23.2 Å². The van der Waals surface area contributed by atoms with Crippen molar-refractivity contribution in [1.29, 1.82) is 0 Å². The summed E-state index contributed by atoms with van der Waals surface area (Å²) in [5.41, 5.74) is 2.87. The fraction of sp³-hybridized carbons (Fsp3) is 0.375. The number of carbonyl (C=O) groups excluding carboxylic acids is 1. The Kier molecular flexibility index (Phi) is 8.63. The van der Waals surface area contributed by atoms with Crippen molar-refractivity contribution in [2.24, 2.45) is 5.92 Å². The van der Waals surface area contributed by atoms with Crippen LogP contribution < -0.4 is 5.32 Å². The van der Waals surface area contributed by atoms with Crippen molar-refractivity contribution in [2.45, 2.75) is 57.6 Å². The van der Waals surface area contributed by atoms with Gasteiger partial charge in [-0.05, 0) is 49.9 Å². The second-order valence-electron chi connectivity index (χ2n) is 8.14. The Hall–Kier alpha value is -2.02. The van der Waals surface area contributed by atoms with Gasteiger partial charge in [-0.3, -0.25) is 4.79 Å². The maximum Gasteiger partial charge on any atom is 0.253 e. The SMILES string of the molecule is CCn1c(SCc2ccc(C)cc2)nnc1[C@H](CC(C)C)NC(=O)c1ccc(Cl)cc1Cl. The van der Waals surface area contributed by atoms with Gasteiger partial charge < -0.3 is 9.88 Å². The Bertz CT molecular complexity index is 1070. The first-order valence-electron chi connectivity index (χ1n) is 10.7. The molecule has 1 heterocycles.